The average molecular weight is 276 g/mol. The lowest BCUT2D eigenvalue weighted by molar-refractivity contribution is 0.258. The maximum Gasteiger partial charge on any atom is 0.164 e. The highest BCUT2D eigenvalue weighted by molar-refractivity contribution is 5.43. The topological polar surface area (TPSA) is 75.2 Å². The molecule has 1 heterocycles. The van der Waals surface area contributed by atoms with Gasteiger partial charge in [-0.2, -0.15) is 5.10 Å². The van der Waals surface area contributed by atoms with Gasteiger partial charge in [-0.05, 0) is 31.5 Å². The van der Waals surface area contributed by atoms with Gasteiger partial charge < -0.3 is 15.2 Å². The lowest BCUT2D eigenvalue weighted by Crippen LogP contribution is -2.08. The number of benzene rings is 1. The van der Waals surface area contributed by atoms with Crippen LogP contribution in [-0.4, -0.2) is 21.4 Å². The van der Waals surface area contributed by atoms with E-state index in [1.165, 1.54) is 6.33 Å². The molecule has 0 aliphatic rings. The number of nitrogens with two attached hydrogens (primary N) is 1. The minimum absolute atomic E-state index is 0.357. The highest BCUT2D eigenvalue weighted by atomic mass is 16.5. The normalized spacial score (nSPS) is 10.6. The fraction of sp³-hybridized carbons (Fsp3) is 0.429. The highest BCUT2D eigenvalue weighted by Gasteiger charge is 2.09. The van der Waals surface area contributed by atoms with Gasteiger partial charge in [0.1, 0.15) is 12.9 Å². The molecule has 0 amide bonds. The Hall–Kier alpha value is -2.08. The molecule has 2 aromatic rings. The molecule has 0 aliphatic heterocycles. The van der Waals surface area contributed by atoms with E-state index in [9.17, 15) is 0 Å². The van der Waals surface area contributed by atoms with E-state index in [1.807, 2.05) is 32.0 Å². The summed E-state index contributed by atoms with van der Waals surface area (Å²) in [6, 6.07) is 5.71. The molecule has 0 aliphatic carbocycles. The minimum atomic E-state index is 0.357. The van der Waals surface area contributed by atoms with E-state index in [0.717, 1.165) is 17.9 Å². The predicted molar refractivity (Wildman–Crippen MR) is 75.5 cm³/mol. The number of aryl methyl sites for hydroxylation is 1. The summed E-state index contributed by atoms with van der Waals surface area (Å²) in [7, 11) is 0. The van der Waals surface area contributed by atoms with Crippen LogP contribution in [0.15, 0.2) is 24.5 Å². The Morgan fingerprint density at radius 1 is 1.20 bits per heavy atom. The standard InChI is InChI=1S/C14H20N4O2/c1-3-18-14(16-10-17-18)9-20-12-6-5-11(8-15)7-13(12)19-4-2/h5-7,10H,3-4,8-9,15H2,1-2H3. The van der Waals surface area contributed by atoms with Crippen molar-refractivity contribution in [3.63, 3.8) is 0 Å². The smallest absolute Gasteiger partial charge is 0.164 e. The summed E-state index contributed by atoms with van der Waals surface area (Å²) in [4.78, 5) is 4.18. The van der Waals surface area contributed by atoms with Crippen molar-refractivity contribution in [1.82, 2.24) is 14.8 Å². The first-order valence-electron chi connectivity index (χ1n) is 6.73. The molecule has 0 unspecified atom stereocenters. The molecule has 0 saturated carbocycles. The highest BCUT2D eigenvalue weighted by Crippen LogP contribution is 2.29. The molecule has 2 rings (SSSR count). The third-order valence-corrected chi connectivity index (χ3v) is 2.90. The van der Waals surface area contributed by atoms with Crippen molar-refractivity contribution < 1.29 is 9.47 Å². The average Bonchev–Trinajstić information content (AvgIpc) is 2.93. The molecule has 0 radical (unpaired) electrons. The first-order valence-corrected chi connectivity index (χ1v) is 6.73. The van der Waals surface area contributed by atoms with Gasteiger partial charge >= 0.3 is 0 Å². The van der Waals surface area contributed by atoms with E-state index in [4.69, 9.17) is 15.2 Å². The van der Waals surface area contributed by atoms with Gasteiger partial charge in [-0.15, -0.1) is 0 Å². The van der Waals surface area contributed by atoms with E-state index in [-0.39, 0.29) is 0 Å². The van der Waals surface area contributed by atoms with Crippen molar-refractivity contribution in [2.24, 2.45) is 5.73 Å². The molecule has 1 aromatic heterocycles. The monoisotopic (exact) mass is 276 g/mol. The molecule has 108 valence electrons. The number of ether oxygens (including phenoxy) is 2. The summed E-state index contributed by atoms with van der Waals surface area (Å²) >= 11 is 0. The van der Waals surface area contributed by atoms with Crippen LogP contribution in [0.3, 0.4) is 0 Å². The van der Waals surface area contributed by atoms with Crippen molar-refractivity contribution >= 4 is 0 Å². The summed E-state index contributed by atoms with van der Waals surface area (Å²) in [5, 5.41) is 4.11. The minimum Gasteiger partial charge on any atom is -0.490 e. The fourth-order valence-electron chi connectivity index (χ4n) is 1.87. The van der Waals surface area contributed by atoms with Crippen LogP contribution in [-0.2, 0) is 19.7 Å². The molecule has 6 heteroatoms. The number of aromatic nitrogens is 3. The summed E-state index contributed by atoms with van der Waals surface area (Å²) < 4.78 is 13.2. The van der Waals surface area contributed by atoms with E-state index in [0.29, 0.717) is 31.3 Å². The zero-order chi connectivity index (χ0) is 14.4. The summed E-state index contributed by atoms with van der Waals surface area (Å²) in [6.07, 6.45) is 1.53. The van der Waals surface area contributed by atoms with Gasteiger partial charge in [0.25, 0.3) is 0 Å². The molecule has 0 fully saturated rings. The maximum atomic E-state index is 5.79. The molecular formula is C14H20N4O2. The largest absolute Gasteiger partial charge is 0.490 e. The van der Waals surface area contributed by atoms with Crippen LogP contribution in [0.4, 0.5) is 0 Å². The molecule has 20 heavy (non-hydrogen) atoms. The second kappa shape index (κ2) is 6.91. The zero-order valence-corrected chi connectivity index (χ0v) is 11.9. The Balaban J connectivity index is 2.12. The van der Waals surface area contributed by atoms with Crippen LogP contribution in [0.1, 0.15) is 25.2 Å². The van der Waals surface area contributed by atoms with Crippen LogP contribution >= 0.6 is 0 Å². The Labute approximate surface area is 118 Å². The molecular weight excluding hydrogens is 256 g/mol. The third kappa shape index (κ3) is 3.27. The van der Waals surface area contributed by atoms with Gasteiger partial charge in [-0.1, -0.05) is 6.07 Å². The molecule has 0 spiro atoms. The fourth-order valence-corrected chi connectivity index (χ4v) is 1.87. The quantitative estimate of drug-likeness (QED) is 0.833. The number of rotatable bonds is 7. The molecule has 0 atom stereocenters. The van der Waals surface area contributed by atoms with Crippen LogP contribution < -0.4 is 15.2 Å². The number of hydrogen-bond donors (Lipinski definition) is 1. The first-order chi connectivity index (χ1) is 9.78. The molecule has 2 N–H and O–H groups in total. The Kier molecular flexibility index (Phi) is 4.95. The van der Waals surface area contributed by atoms with Gasteiger partial charge in [0, 0.05) is 13.1 Å². The number of nitrogens with zero attached hydrogens (tertiary/aromatic N) is 3. The van der Waals surface area contributed by atoms with Gasteiger partial charge in [0.2, 0.25) is 0 Å². The Bertz CT molecular complexity index is 554. The van der Waals surface area contributed by atoms with E-state index >= 15 is 0 Å². The van der Waals surface area contributed by atoms with Crippen molar-refractivity contribution in [2.45, 2.75) is 33.5 Å². The van der Waals surface area contributed by atoms with Crippen molar-refractivity contribution in [3.8, 4) is 11.5 Å². The third-order valence-electron chi connectivity index (χ3n) is 2.90. The summed E-state index contributed by atoms with van der Waals surface area (Å²) in [5.41, 5.74) is 6.65. The lowest BCUT2D eigenvalue weighted by Gasteiger charge is -2.13. The first kappa shape index (κ1) is 14.3. The van der Waals surface area contributed by atoms with Crippen molar-refractivity contribution in [2.75, 3.05) is 6.61 Å². The van der Waals surface area contributed by atoms with E-state index in [2.05, 4.69) is 10.1 Å². The van der Waals surface area contributed by atoms with Crippen molar-refractivity contribution in [3.05, 3.63) is 35.9 Å². The lowest BCUT2D eigenvalue weighted by atomic mass is 10.2. The Morgan fingerprint density at radius 3 is 2.75 bits per heavy atom. The maximum absolute atomic E-state index is 5.79. The number of hydrogen-bond acceptors (Lipinski definition) is 5. The van der Waals surface area contributed by atoms with Gasteiger partial charge in [-0.25, -0.2) is 9.67 Å². The second-order valence-electron chi connectivity index (χ2n) is 4.20. The van der Waals surface area contributed by atoms with E-state index < -0.39 is 0 Å². The van der Waals surface area contributed by atoms with Gasteiger partial charge in [-0.3, -0.25) is 0 Å². The predicted octanol–water partition coefficient (Wildman–Crippen LogP) is 1.73. The molecule has 0 bridgehead atoms. The Morgan fingerprint density at radius 2 is 2.05 bits per heavy atom. The second-order valence-corrected chi connectivity index (χ2v) is 4.20. The van der Waals surface area contributed by atoms with Crippen LogP contribution in [0.25, 0.3) is 0 Å². The van der Waals surface area contributed by atoms with Gasteiger partial charge in [0.15, 0.2) is 17.3 Å². The summed E-state index contributed by atoms with van der Waals surface area (Å²) in [6.45, 7) is 6.13. The molecule has 0 saturated heterocycles. The van der Waals surface area contributed by atoms with Crippen molar-refractivity contribution in [1.29, 1.82) is 0 Å². The SMILES string of the molecule is CCOc1cc(CN)ccc1OCc1ncnn1CC. The van der Waals surface area contributed by atoms with Crippen LogP contribution in [0, 0.1) is 0 Å². The zero-order valence-electron chi connectivity index (χ0n) is 11.9. The van der Waals surface area contributed by atoms with Crippen LogP contribution in [0.2, 0.25) is 0 Å². The molecule has 6 nitrogen and oxygen atoms in total. The molecule has 1 aromatic carbocycles. The van der Waals surface area contributed by atoms with E-state index in [1.54, 1.807) is 4.68 Å². The summed E-state index contributed by atoms with van der Waals surface area (Å²) in [5.74, 6) is 2.19. The van der Waals surface area contributed by atoms with Crippen LogP contribution in [0.5, 0.6) is 11.5 Å². The van der Waals surface area contributed by atoms with Gasteiger partial charge in [0.05, 0.1) is 6.61 Å².